The van der Waals surface area contributed by atoms with Gasteiger partial charge in [0.1, 0.15) is 5.76 Å². The maximum absolute atomic E-state index is 12.6. The number of hydrogen-bond donors (Lipinski definition) is 1. The Hall–Kier alpha value is -2.35. The van der Waals surface area contributed by atoms with Crippen LogP contribution < -0.4 is 10.1 Å². The van der Waals surface area contributed by atoms with Gasteiger partial charge in [-0.25, -0.2) is 4.68 Å². The Balaban J connectivity index is 1.80. The molecule has 0 aromatic carbocycles. The van der Waals surface area contributed by atoms with Crippen molar-refractivity contribution in [3.63, 3.8) is 0 Å². The van der Waals surface area contributed by atoms with Gasteiger partial charge in [0.2, 0.25) is 11.8 Å². The molecule has 0 aliphatic carbocycles. The molecule has 1 aliphatic heterocycles. The van der Waals surface area contributed by atoms with Crippen LogP contribution in [0.1, 0.15) is 42.8 Å². The lowest BCUT2D eigenvalue weighted by Crippen LogP contribution is -2.41. The zero-order valence-corrected chi connectivity index (χ0v) is 15.4. The zero-order valence-electron chi connectivity index (χ0n) is 15.4. The van der Waals surface area contributed by atoms with E-state index in [1.54, 1.807) is 24.8 Å². The minimum atomic E-state index is -0.297. The summed E-state index contributed by atoms with van der Waals surface area (Å²) in [5, 5.41) is 11.1. The van der Waals surface area contributed by atoms with Crippen molar-refractivity contribution >= 4 is 11.7 Å². The molecule has 2 aromatic heterocycles. The second-order valence-electron chi connectivity index (χ2n) is 6.52. The third kappa shape index (κ3) is 3.26. The van der Waals surface area contributed by atoms with E-state index in [2.05, 4.69) is 20.5 Å². The van der Waals surface area contributed by atoms with E-state index in [0.717, 1.165) is 36.5 Å². The lowest BCUT2D eigenvalue weighted by atomic mass is 10.0. The fourth-order valence-electron chi connectivity index (χ4n) is 3.65. The van der Waals surface area contributed by atoms with Crippen molar-refractivity contribution in [3.8, 4) is 5.88 Å². The first-order chi connectivity index (χ1) is 11.9. The van der Waals surface area contributed by atoms with Crippen molar-refractivity contribution in [1.82, 2.24) is 19.8 Å². The minimum Gasteiger partial charge on any atom is -0.481 e. The maximum atomic E-state index is 12.6. The summed E-state index contributed by atoms with van der Waals surface area (Å²) < 4.78 is 12.3. The number of anilines is 1. The molecule has 0 radical (unpaired) electrons. The number of nitrogens with one attached hydrogen (secondary N) is 1. The van der Waals surface area contributed by atoms with E-state index >= 15 is 0 Å². The topological polar surface area (TPSA) is 85.4 Å². The quantitative estimate of drug-likeness (QED) is 0.892. The molecule has 136 valence electrons. The van der Waals surface area contributed by atoms with Crippen molar-refractivity contribution in [2.45, 2.75) is 45.7 Å². The highest BCUT2D eigenvalue weighted by Gasteiger charge is 2.37. The van der Waals surface area contributed by atoms with E-state index in [0.29, 0.717) is 11.6 Å². The van der Waals surface area contributed by atoms with Gasteiger partial charge in [0.05, 0.1) is 24.4 Å². The molecule has 0 saturated carbocycles. The van der Waals surface area contributed by atoms with Gasteiger partial charge < -0.3 is 14.6 Å². The van der Waals surface area contributed by atoms with Crippen LogP contribution in [-0.4, -0.2) is 45.4 Å². The first-order valence-electron chi connectivity index (χ1n) is 8.49. The van der Waals surface area contributed by atoms with Crippen LogP contribution in [0.5, 0.6) is 5.88 Å². The Morgan fingerprint density at radius 2 is 2.24 bits per heavy atom. The number of amides is 1. The van der Waals surface area contributed by atoms with Crippen LogP contribution >= 0.6 is 0 Å². The largest absolute Gasteiger partial charge is 0.481 e. The molecule has 1 amide bonds. The summed E-state index contributed by atoms with van der Waals surface area (Å²) in [6.45, 7) is 6.55. The molecule has 1 saturated heterocycles. The lowest BCUT2D eigenvalue weighted by molar-refractivity contribution is -0.121. The Morgan fingerprint density at radius 3 is 2.88 bits per heavy atom. The fraction of sp³-hybridized carbons (Fsp3) is 0.588. The number of methoxy groups -OCH3 is 1. The Morgan fingerprint density at radius 1 is 1.48 bits per heavy atom. The average molecular weight is 347 g/mol. The predicted octanol–water partition coefficient (Wildman–Crippen LogP) is 2.20. The third-order valence-electron chi connectivity index (χ3n) is 4.79. The number of aromatic nitrogens is 3. The zero-order chi connectivity index (χ0) is 18.1. The van der Waals surface area contributed by atoms with Crippen LogP contribution in [0.3, 0.4) is 0 Å². The Kier molecular flexibility index (Phi) is 4.80. The summed E-state index contributed by atoms with van der Waals surface area (Å²) in [6.07, 6.45) is 2.01. The van der Waals surface area contributed by atoms with Crippen LogP contribution in [0.4, 0.5) is 5.82 Å². The first-order valence-corrected chi connectivity index (χ1v) is 8.49. The number of ether oxygens (including phenoxy) is 1. The van der Waals surface area contributed by atoms with Gasteiger partial charge in [0.25, 0.3) is 0 Å². The number of nitrogens with zero attached hydrogens (tertiary/aromatic N) is 4. The van der Waals surface area contributed by atoms with Gasteiger partial charge in [-0.3, -0.25) is 9.69 Å². The highest BCUT2D eigenvalue weighted by molar-refractivity contribution is 5.93. The molecule has 0 unspecified atom stereocenters. The van der Waals surface area contributed by atoms with Crippen LogP contribution in [0.15, 0.2) is 10.6 Å². The normalized spacial score (nSPS) is 19.2. The van der Waals surface area contributed by atoms with E-state index in [-0.39, 0.29) is 18.0 Å². The number of rotatable bonds is 5. The van der Waals surface area contributed by atoms with Gasteiger partial charge in [-0.2, -0.15) is 5.10 Å². The number of carbonyl (C=O) groups is 1. The molecular formula is C17H25N5O3. The molecule has 3 rings (SSSR count). The smallest absolute Gasteiger partial charge is 0.242 e. The summed E-state index contributed by atoms with van der Waals surface area (Å²) in [5.41, 5.74) is 2.01. The first kappa shape index (κ1) is 17.5. The van der Waals surface area contributed by atoms with E-state index in [9.17, 15) is 4.79 Å². The van der Waals surface area contributed by atoms with Gasteiger partial charge in [0, 0.05) is 19.2 Å². The second-order valence-corrected chi connectivity index (χ2v) is 6.52. The van der Waals surface area contributed by atoms with Gasteiger partial charge >= 0.3 is 0 Å². The van der Waals surface area contributed by atoms with Crippen molar-refractivity contribution in [2.24, 2.45) is 7.05 Å². The maximum Gasteiger partial charge on any atom is 0.242 e. The molecule has 8 nitrogen and oxygen atoms in total. The summed E-state index contributed by atoms with van der Waals surface area (Å²) >= 11 is 0. The molecule has 1 fully saturated rings. The van der Waals surface area contributed by atoms with Crippen molar-refractivity contribution in [1.29, 1.82) is 0 Å². The Labute approximate surface area is 147 Å². The van der Waals surface area contributed by atoms with Crippen LogP contribution in [-0.2, 0) is 11.8 Å². The fourth-order valence-corrected chi connectivity index (χ4v) is 3.65. The van der Waals surface area contributed by atoms with E-state index < -0.39 is 0 Å². The lowest BCUT2D eigenvalue weighted by Gasteiger charge is -2.29. The van der Waals surface area contributed by atoms with E-state index in [1.165, 1.54) is 0 Å². The molecule has 0 spiro atoms. The standard InChI is InChI=1S/C17H25N5O3/c1-10-9-14(20-25-10)18-16(23)12(3)22-8-6-7-13(22)15-11(2)19-21(4)17(15)24-5/h9,12-13H,6-8H2,1-5H3,(H,18,20,23)/t12-,13+/m0/s1. The number of aryl methyl sites for hydroxylation is 3. The molecule has 8 heteroatoms. The van der Waals surface area contributed by atoms with Crippen LogP contribution in [0.25, 0.3) is 0 Å². The molecule has 1 aliphatic rings. The predicted molar refractivity (Wildman–Crippen MR) is 92.5 cm³/mol. The Bertz CT molecular complexity index is 766. The van der Waals surface area contributed by atoms with E-state index in [1.807, 2.05) is 20.9 Å². The van der Waals surface area contributed by atoms with Gasteiger partial charge in [0.15, 0.2) is 5.82 Å². The highest BCUT2D eigenvalue weighted by atomic mass is 16.5. The molecule has 3 heterocycles. The monoisotopic (exact) mass is 347 g/mol. The van der Waals surface area contributed by atoms with Gasteiger partial charge in [-0.1, -0.05) is 5.16 Å². The summed E-state index contributed by atoms with van der Waals surface area (Å²) in [4.78, 5) is 14.8. The second kappa shape index (κ2) is 6.87. The summed E-state index contributed by atoms with van der Waals surface area (Å²) in [5.74, 6) is 1.77. The molecule has 2 aromatic rings. The number of carbonyl (C=O) groups excluding carboxylic acids is 1. The van der Waals surface area contributed by atoms with Gasteiger partial charge in [-0.05, 0) is 40.2 Å². The summed E-state index contributed by atoms with van der Waals surface area (Å²) in [6, 6.07) is 1.53. The number of hydrogen-bond acceptors (Lipinski definition) is 6. The number of likely N-dealkylation sites (tertiary alicyclic amines) is 1. The summed E-state index contributed by atoms with van der Waals surface area (Å²) in [7, 11) is 3.53. The molecule has 25 heavy (non-hydrogen) atoms. The van der Waals surface area contributed by atoms with Crippen molar-refractivity contribution in [2.75, 3.05) is 19.0 Å². The molecule has 2 atom stereocenters. The molecule has 1 N–H and O–H groups in total. The van der Waals surface area contributed by atoms with Crippen LogP contribution in [0, 0.1) is 13.8 Å². The van der Waals surface area contributed by atoms with Crippen LogP contribution in [0.2, 0.25) is 0 Å². The van der Waals surface area contributed by atoms with Crippen molar-refractivity contribution in [3.05, 3.63) is 23.1 Å². The third-order valence-corrected chi connectivity index (χ3v) is 4.79. The average Bonchev–Trinajstić information content (AvgIpc) is 3.25. The minimum absolute atomic E-state index is 0.0966. The SMILES string of the molecule is COc1c([C@H]2CCCN2[C@@H](C)C(=O)Nc2cc(C)on2)c(C)nn1C. The van der Waals surface area contributed by atoms with E-state index in [4.69, 9.17) is 9.26 Å². The molecule has 0 bridgehead atoms. The highest BCUT2D eigenvalue weighted by Crippen LogP contribution is 2.39. The van der Waals surface area contributed by atoms with Crippen molar-refractivity contribution < 1.29 is 14.1 Å². The molecular weight excluding hydrogens is 322 g/mol. The van der Waals surface area contributed by atoms with Gasteiger partial charge in [-0.15, -0.1) is 0 Å².